The number of rotatable bonds is 6. The molecule has 8 nitrogen and oxygen atoms in total. The summed E-state index contributed by atoms with van der Waals surface area (Å²) in [4.78, 5) is 35.1. The molecule has 0 bridgehead atoms. The molecule has 0 fully saturated rings. The van der Waals surface area contributed by atoms with E-state index in [1.54, 1.807) is 55.5 Å². The number of hydrazone groups is 1. The third-order valence-corrected chi connectivity index (χ3v) is 4.52. The van der Waals surface area contributed by atoms with E-state index in [0.717, 1.165) is 5.56 Å². The van der Waals surface area contributed by atoms with E-state index in [4.69, 9.17) is 0 Å². The molecule has 156 valence electrons. The molecular formula is C23H20N4O4. The summed E-state index contributed by atoms with van der Waals surface area (Å²) in [6, 6.07) is 19.5. The molecule has 0 atom stereocenters. The van der Waals surface area contributed by atoms with Crippen LogP contribution in [0, 0.1) is 17.0 Å². The molecule has 31 heavy (non-hydrogen) atoms. The first-order valence-electron chi connectivity index (χ1n) is 9.41. The summed E-state index contributed by atoms with van der Waals surface area (Å²) in [5.41, 5.74) is 5.94. The average Bonchev–Trinajstić information content (AvgIpc) is 2.77. The van der Waals surface area contributed by atoms with Crippen LogP contribution in [0.3, 0.4) is 0 Å². The van der Waals surface area contributed by atoms with Crippen LogP contribution in [-0.2, 0) is 0 Å². The smallest absolute Gasteiger partial charge is 0.271 e. The molecule has 3 aromatic carbocycles. The Morgan fingerprint density at radius 3 is 2.16 bits per heavy atom. The minimum Gasteiger partial charge on any atom is -0.322 e. The Labute approximate surface area is 178 Å². The van der Waals surface area contributed by atoms with Gasteiger partial charge in [-0.1, -0.05) is 23.8 Å². The highest BCUT2D eigenvalue weighted by molar-refractivity contribution is 6.05. The third-order valence-electron chi connectivity index (χ3n) is 4.52. The summed E-state index contributed by atoms with van der Waals surface area (Å²) in [7, 11) is 0. The summed E-state index contributed by atoms with van der Waals surface area (Å²) < 4.78 is 0. The van der Waals surface area contributed by atoms with Gasteiger partial charge in [-0.3, -0.25) is 19.7 Å². The fourth-order valence-corrected chi connectivity index (χ4v) is 2.73. The van der Waals surface area contributed by atoms with Crippen molar-refractivity contribution in [1.82, 2.24) is 5.43 Å². The van der Waals surface area contributed by atoms with Crippen LogP contribution in [0.1, 0.15) is 38.8 Å². The number of amides is 2. The number of hydrogen-bond donors (Lipinski definition) is 2. The molecule has 0 saturated heterocycles. The van der Waals surface area contributed by atoms with Gasteiger partial charge in [-0.25, -0.2) is 5.43 Å². The molecular weight excluding hydrogens is 396 g/mol. The molecule has 2 N–H and O–H groups in total. The van der Waals surface area contributed by atoms with Gasteiger partial charge in [0.25, 0.3) is 17.5 Å². The first-order chi connectivity index (χ1) is 14.8. The number of carbonyl (C=O) groups is 2. The molecule has 3 rings (SSSR count). The first kappa shape index (κ1) is 21.4. The monoisotopic (exact) mass is 416 g/mol. The Morgan fingerprint density at radius 1 is 0.871 bits per heavy atom. The number of nitro benzene ring substituents is 1. The summed E-state index contributed by atoms with van der Waals surface area (Å²) in [6.45, 7) is 3.62. The second kappa shape index (κ2) is 9.45. The van der Waals surface area contributed by atoms with Crippen LogP contribution in [0.25, 0.3) is 0 Å². The predicted molar refractivity (Wildman–Crippen MR) is 118 cm³/mol. The summed E-state index contributed by atoms with van der Waals surface area (Å²) in [6.07, 6.45) is 0. The number of benzene rings is 3. The lowest BCUT2D eigenvalue weighted by Gasteiger charge is -2.08. The van der Waals surface area contributed by atoms with Gasteiger partial charge >= 0.3 is 0 Å². The van der Waals surface area contributed by atoms with Crippen molar-refractivity contribution in [2.45, 2.75) is 13.8 Å². The van der Waals surface area contributed by atoms with Crippen molar-refractivity contribution in [2.75, 3.05) is 5.32 Å². The van der Waals surface area contributed by atoms with Crippen LogP contribution in [0.15, 0.2) is 77.9 Å². The van der Waals surface area contributed by atoms with Gasteiger partial charge in [0.15, 0.2) is 0 Å². The fourth-order valence-electron chi connectivity index (χ4n) is 2.73. The van der Waals surface area contributed by atoms with E-state index in [2.05, 4.69) is 15.8 Å². The predicted octanol–water partition coefficient (Wildman–Crippen LogP) is 4.31. The molecule has 0 aromatic heterocycles. The number of hydrogen-bond acceptors (Lipinski definition) is 5. The molecule has 0 spiro atoms. The van der Waals surface area contributed by atoms with Gasteiger partial charge < -0.3 is 5.32 Å². The number of aryl methyl sites for hydroxylation is 1. The van der Waals surface area contributed by atoms with Gasteiger partial charge in [0.05, 0.1) is 10.6 Å². The van der Waals surface area contributed by atoms with E-state index >= 15 is 0 Å². The highest BCUT2D eigenvalue weighted by atomic mass is 16.6. The molecule has 0 aliphatic heterocycles. The lowest BCUT2D eigenvalue weighted by molar-refractivity contribution is -0.384. The molecule has 0 aliphatic rings. The molecule has 0 radical (unpaired) electrons. The number of nitro groups is 1. The average molecular weight is 416 g/mol. The van der Waals surface area contributed by atoms with E-state index in [9.17, 15) is 19.7 Å². The van der Waals surface area contributed by atoms with Crippen LogP contribution < -0.4 is 10.7 Å². The molecule has 0 unspecified atom stereocenters. The standard InChI is InChI=1S/C23H20N4O4/c1-15-6-8-18(9-7-15)22(28)24-20-5-3-4-19(14-20)23(29)26-25-16(2)17-10-12-21(13-11-17)27(30)31/h3-14H,1-2H3,(H,24,28)(H,26,29)/b25-16+. The van der Waals surface area contributed by atoms with Gasteiger partial charge in [0.1, 0.15) is 0 Å². The van der Waals surface area contributed by atoms with Crippen LogP contribution >= 0.6 is 0 Å². The third kappa shape index (κ3) is 5.60. The van der Waals surface area contributed by atoms with Gasteiger partial charge in [-0.05, 0) is 61.9 Å². The quantitative estimate of drug-likeness (QED) is 0.354. The Balaban J connectivity index is 1.66. The van der Waals surface area contributed by atoms with E-state index in [-0.39, 0.29) is 11.6 Å². The highest BCUT2D eigenvalue weighted by Gasteiger charge is 2.10. The SMILES string of the molecule is C/C(=N\NC(=O)c1cccc(NC(=O)c2ccc(C)cc2)c1)c1ccc([N+](=O)[O-])cc1. The Kier molecular flexibility index (Phi) is 6.51. The van der Waals surface area contributed by atoms with Crippen molar-refractivity contribution in [3.8, 4) is 0 Å². The van der Waals surface area contributed by atoms with Crippen LogP contribution in [-0.4, -0.2) is 22.4 Å². The van der Waals surface area contributed by atoms with Crippen molar-refractivity contribution < 1.29 is 14.5 Å². The maximum Gasteiger partial charge on any atom is 0.271 e. The fraction of sp³-hybridized carbons (Fsp3) is 0.0870. The van der Waals surface area contributed by atoms with Crippen molar-refractivity contribution in [1.29, 1.82) is 0 Å². The first-order valence-corrected chi connectivity index (χ1v) is 9.41. The Bertz CT molecular complexity index is 1150. The number of nitrogens with one attached hydrogen (secondary N) is 2. The number of nitrogens with zero attached hydrogens (tertiary/aromatic N) is 2. The lowest BCUT2D eigenvalue weighted by atomic mass is 10.1. The second-order valence-corrected chi connectivity index (χ2v) is 6.84. The van der Waals surface area contributed by atoms with Gasteiger partial charge in [-0.15, -0.1) is 0 Å². The molecule has 0 heterocycles. The zero-order chi connectivity index (χ0) is 22.4. The van der Waals surface area contributed by atoms with Crippen LogP contribution in [0.5, 0.6) is 0 Å². The van der Waals surface area contributed by atoms with Crippen molar-refractivity contribution in [3.05, 3.63) is 105 Å². The lowest BCUT2D eigenvalue weighted by Crippen LogP contribution is -2.20. The summed E-state index contributed by atoms with van der Waals surface area (Å²) in [5, 5.41) is 17.6. The number of non-ortho nitro benzene ring substituents is 1. The Hall–Kier alpha value is -4.33. The molecule has 0 aliphatic carbocycles. The van der Waals surface area contributed by atoms with Crippen molar-refractivity contribution >= 4 is 28.9 Å². The van der Waals surface area contributed by atoms with Gasteiger partial charge in [0, 0.05) is 28.9 Å². The second-order valence-electron chi connectivity index (χ2n) is 6.84. The minimum atomic E-state index is -0.484. The summed E-state index contributed by atoms with van der Waals surface area (Å²) in [5.74, 6) is -0.725. The zero-order valence-corrected chi connectivity index (χ0v) is 17.0. The molecule has 8 heteroatoms. The van der Waals surface area contributed by atoms with Crippen LogP contribution in [0.2, 0.25) is 0 Å². The largest absolute Gasteiger partial charge is 0.322 e. The summed E-state index contributed by atoms with van der Waals surface area (Å²) >= 11 is 0. The Morgan fingerprint density at radius 2 is 1.52 bits per heavy atom. The maximum atomic E-state index is 12.4. The van der Waals surface area contributed by atoms with E-state index in [1.807, 2.05) is 19.1 Å². The highest BCUT2D eigenvalue weighted by Crippen LogP contribution is 2.14. The number of anilines is 1. The van der Waals surface area contributed by atoms with E-state index < -0.39 is 10.8 Å². The van der Waals surface area contributed by atoms with Crippen molar-refractivity contribution in [3.63, 3.8) is 0 Å². The van der Waals surface area contributed by atoms with E-state index in [1.165, 1.54) is 12.1 Å². The maximum absolute atomic E-state index is 12.4. The van der Waals surface area contributed by atoms with Gasteiger partial charge in [-0.2, -0.15) is 5.10 Å². The molecule has 0 saturated carbocycles. The molecule has 2 amide bonds. The topological polar surface area (TPSA) is 114 Å². The van der Waals surface area contributed by atoms with Gasteiger partial charge in [0.2, 0.25) is 0 Å². The van der Waals surface area contributed by atoms with Crippen molar-refractivity contribution in [2.24, 2.45) is 5.10 Å². The normalized spacial score (nSPS) is 11.0. The minimum absolute atomic E-state index is 0.0231. The number of carbonyl (C=O) groups excluding carboxylic acids is 2. The van der Waals surface area contributed by atoms with E-state index in [0.29, 0.717) is 28.1 Å². The molecule has 3 aromatic rings. The van der Waals surface area contributed by atoms with Crippen LogP contribution in [0.4, 0.5) is 11.4 Å². The zero-order valence-electron chi connectivity index (χ0n) is 17.0.